The summed E-state index contributed by atoms with van der Waals surface area (Å²) in [5.74, 6) is -1.15. The van der Waals surface area contributed by atoms with Crippen molar-refractivity contribution >= 4 is 23.6 Å². The van der Waals surface area contributed by atoms with Crippen molar-refractivity contribution in [3.8, 4) is 0 Å². The molecule has 1 unspecified atom stereocenters. The highest BCUT2D eigenvalue weighted by atomic mass is 32.2. The van der Waals surface area contributed by atoms with Gasteiger partial charge >= 0.3 is 5.97 Å². The lowest BCUT2D eigenvalue weighted by Gasteiger charge is -2.11. The number of nitrogens with one attached hydrogen (secondary N) is 1. The van der Waals surface area contributed by atoms with E-state index in [-0.39, 0.29) is 12.4 Å². The van der Waals surface area contributed by atoms with Gasteiger partial charge in [-0.2, -0.15) is 0 Å². The van der Waals surface area contributed by atoms with Crippen LogP contribution in [0.3, 0.4) is 0 Å². The first-order valence-electron chi connectivity index (χ1n) is 5.45. The number of ether oxygens (including phenoxy) is 1. The first kappa shape index (κ1) is 14.5. The standard InChI is InChI=1S/C12H15NO4S/c1-2-17-12(16)11(15)13-10(14)8-18-9-6-4-3-5-7-9/h3-7,11,15H,2,8H2,1H3,(H,13,14). The summed E-state index contributed by atoms with van der Waals surface area (Å²) in [6.07, 6.45) is -1.60. The van der Waals surface area contributed by atoms with Crippen LogP contribution < -0.4 is 5.32 Å². The zero-order valence-electron chi connectivity index (χ0n) is 9.96. The van der Waals surface area contributed by atoms with Gasteiger partial charge in [0, 0.05) is 4.90 Å². The largest absolute Gasteiger partial charge is 0.463 e. The molecule has 0 aromatic heterocycles. The Kier molecular flexibility index (Phi) is 6.24. The van der Waals surface area contributed by atoms with Crippen LogP contribution >= 0.6 is 11.8 Å². The van der Waals surface area contributed by atoms with Crippen molar-refractivity contribution in [2.45, 2.75) is 18.0 Å². The molecule has 0 aliphatic rings. The Morgan fingerprint density at radius 2 is 2.06 bits per heavy atom. The Hall–Kier alpha value is -1.53. The van der Waals surface area contributed by atoms with Crippen LogP contribution in [0.2, 0.25) is 0 Å². The molecular formula is C12H15NO4S. The Balaban J connectivity index is 2.31. The highest BCUT2D eigenvalue weighted by Gasteiger charge is 2.18. The number of carbonyl (C=O) groups excluding carboxylic acids is 2. The summed E-state index contributed by atoms with van der Waals surface area (Å²) in [7, 11) is 0. The third-order valence-electron chi connectivity index (χ3n) is 1.92. The molecule has 2 N–H and O–H groups in total. The smallest absolute Gasteiger partial charge is 0.356 e. The van der Waals surface area contributed by atoms with E-state index in [1.54, 1.807) is 6.92 Å². The van der Waals surface area contributed by atoms with Crippen molar-refractivity contribution in [2.24, 2.45) is 0 Å². The monoisotopic (exact) mass is 269 g/mol. The predicted molar refractivity (Wildman–Crippen MR) is 67.9 cm³/mol. The molecule has 6 heteroatoms. The van der Waals surface area contributed by atoms with Gasteiger partial charge in [-0.15, -0.1) is 11.8 Å². The Labute approximate surface area is 110 Å². The molecule has 1 rings (SSSR count). The van der Waals surface area contributed by atoms with Gasteiger partial charge in [-0.05, 0) is 19.1 Å². The lowest BCUT2D eigenvalue weighted by atomic mass is 10.4. The highest BCUT2D eigenvalue weighted by Crippen LogP contribution is 2.16. The number of amides is 1. The third-order valence-corrected chi connectivity index (χ3v) is 2.93. The number of hydrogen-bond donors (Lipinski definition) is 2. The fourth-order valence-electron chi connectivity index (χ4n) is 1.14. The minimum atomic E-state index is -1.60. The minimum Gasteiger partial charge on any atom is -0.463 e. The first-order valence-corrected chi connectivity index (χ1v) is 6.44. The molecule has 1 aromatic carbocycles. The van der Waals surface area contributed by atoms with Crippen LogP contribution in [0.25, 0.3) is 0 Å². The fraction of sp³-hybridized carbons (Fsp3) is 0.333. The van der Waals surface area contributed by atoms with Crippen molar-refractivity contribution in [1.82, 2.24) is 5.32 Å². The number of benzene rings is 1. The predicted octanol–water partition coefficient (Wildman–Crippen LogP) is 0.776. The number of esters is 1. The summed E-state index contributed by atoms with van der Waals surface area (Å²) in [5.41, 5.74) is 0. The molecule has 0 fully saturated rings. The molecule has 0 bridgehead atoms. The number of thioether (sulfide) groups is 1. The molecular weight excluding hydrogens is 254 g/mol. The summed E-state index contributed by atoms with van der Waals surface area (Å²) in [5, 5.41) is 11.5. The second kappa shape index (κ2) is 7.73. The molecule has 18 heavy (non-hydrogen) atoms. The van der Waals surface area contributed by atoms with E-state index in [0.717, 1.165) is 4.90 Å². The normalized spacial score (nSPS) is 11.7. The Morgan fingerprint density at radius 3 is 2.67 bits per heavy atom. The molecule has 5 nitrogen and oxygen atoms in total. The van der Waals surface area contributed by atoms with E-state index < -0.39 is 18.1 Å². The summed E-state index contributed by atoms with van der Waals surface area (Å²) in [6, 6.07) is 9.37. The number of rotatable bonds is 6. The van der Waals surface area contributed by atoms with E-state index in [9.17, 15) is 14.7 Å². The second-order valence-electron chi connectivity index (χ2n) is 3.32. The maximum absolute atomic E-state index is 11.4. The molecule has 0 spiro atoms. The molecule has 0 aliphatic carbocycles. The van der Waals surface area contributed by atoms with Crippen LogP contribution in [-0.4, -0.2) is 35.6 Å². The SMILES string of the molecule is CCOC(=O)C(O)NC(=O)CSc1ccccc1. The van der Waals surface area contributed by atoms with Gasteiger partial charge in [0.25, 0.3) is 0 Å². The molecule has 0 radical (unpaired) electrons. The van der Waals surface area contributed by atoms with E-state index in [1.165, 1.54) is 11.8 Å². The van der Waals surface area contributed by atoms with Crippen LogP contribution in [0.4, 0.5) is 0 Å². The number of carbonyl (C=O) groups is 2. The third kappa shape index (κ3) is 5.20. The van der Waals surface area contributed by atoms with Gasteiger partial charge in [-0.1, -0.05) is 18.2 Å². The summed E-state index contributed by atoms with van der Waals surface area (Å²) in [4.78, 5) is 23.4. The van der Waals surface area contributed by atoms with Gasteiger partial charge in [-0.25, -0.2) is 4.79 Å². The van der Waals surface area contributed by atoms with E-state index in [2.05, 4.69) is 10.1 Å². The molecule has 0 aliphatic heterocycles. The zero-order chi connectivity index (χ0) is 13.4. The van der Waals surface area contributed by atoms with Gasteiger partial charge in [0.2, 0.25) is 12.1 Å². The fourth-order valence-corrected chi connectivity index (χ4v) is 1.87. The quantitative estimate of drug-likeness (QED) is 0.453. The van der Waals surface area contributed by atoms with E-state index in [4.69, 9.17) is 0 Å². The van der Waals surface area contributed by atoms with Crippen LogP contribution in [0, 0.1) is 0 Å². The zero-order valence-corrected chi connectivity index (χ0v) is 10.8. The lowest BCUT2D eigenvalue weighted by molar-refractivity contribution is -0.156. The van der Waals surface area contributed by atoms with Crippen molar-refractivity contribution in [2.75, 3.05) is 12.4 Å². The van der Waals surface area contributed by atoms with Crippen molar-refractivity contribution in [3.63, 3.8) is 0 Å². The van der Waals surface area contributed by atoms with E-state index in [1.807, 2.05) is 30.3 Å². The molecule has 98 valence electrons. The topological polar surface area (TPSA) is 75.6 Å². The highest BCUT2D eigenvalue weighted by molar-refractivity contribution is 8.00. The van der Waals surface area contributed by atoms with E-state index in [0.29, 0.717) is 0 Å². The van der Waals surface area contributed by atoms with Crippen molar-refractivity contribution < 1.29 is 19.4 Å². The number of aliphatic hydroxyl groups is 1. The number of hydrogen-bond acceptors (Lipinski definition) is 5. The first-order chi connectivity index (χ1) is 8.63. The van der Waals surface area contributed by atoms with Crippen LogP contribution in [0.5, 0.6) is 0 Å². The van der Waals surface area contributed by atoms with Gasteiger partial charge in [-0.3, -0.25) is 4.79 Å². The lowest BCUT2D eigenvalue weighted by Crippen LogP contribution is -2.42. The molecule has 0 saturated carbocycles. The van der Waals surface area contributed by atoms with Crippen LogP contribution in [0.15, 0.2) is 35.2 Å². The maximum Gasteiger partial charge on any atom is 0.356 e. The average Bonchev–Trinajstić information content (AvgIpc) is 2.38. The van der Waals surface area contributed by atoms with Gasteiger partial charge < -0.3 is 15.2 Å². The van der Waals surface area contributed by atoms with Gasteiger partial charge in [0.1, 0.15) is 0 Å². The average molecular weight is 269 g/mol. The van der Waals surface area contributed by atoms with Crippen LogP contribution in [0.1, 0.15) is 6.92 Å². The molecule has 1 amide bonds. The molecule has 1 aromatic rings. The van der Waals surface area contributed by atoms with Crippen LogP contribution in [-0.2, 0) is 14.3 Å². The summed E-state index contributed by atoms with van der Waals surface area (Å²) < 4.78 is 4.56. The van der Waals surface area contributed by atoms with Crippen molar-refractivity contribution in [1.29, 1.82) is 0 Å². The number of aliphatic hydroxyl groups excluding tert-OH is 1. The molecule has 0 saturated heterocycles. The van der Waals surface area contributed by atoms with Gasteiger partial charge in [0.05, 0.1) is 12.4 Å². The minimum absolute atomic E-state index is 0.125. The van der Waals surface area contributed by atoms with E-state index >= 15 is 0 Å². The Bertz CT molecular complexity index is 396. The van der Waals surface area contributed by atoms with Gasteiger partial charge in [0.15, 0.2) is 0 Å². The van der Waals surface area contributed by atoms with Crippen molar-refractivity contribution in [3.05, 3.63) is 30.3 Å². The molecule has 1 atom stereocenters. The summed E-state index contributed by atoms with van der Waals surface area (Å²) in [6.45, 7) is 1.78. The second-order valence-corrected chi connectivity index (χ2v) is 4.37. The molecule has 0 heterocycles. The Morgan fingerprint density at radius 1 is 1.39 bits per heavy atom. The maximum atomic E-state index is 11.4. The summed E-state index contributed by atoms with van der Waals surface area (Å²) >= 11 is 1.32.